The fourth-order valence-electron chi connectivity index (χ4n) is 2.92. The van der Waals surface area contributed by atoms with E-state index in [0.29, 0.717) is 17.0 Å². The molecule has 168 valence electrons. The van der Waals surface area contributed by atoms with Crippen LogP contribution in [0.3, 0.4) is 0 Å². The number of nitrogens with one attached hydrogen (secondary N) is 2. The fourth-order valence-corrected chi connectivity index (χ4v) is 4.71. The molecule has 32 heavy (non-hydrogen) atoms. The maximum absolute atomic E-state index is 12.5. The van der Waals surface area contributed by atoms with Crippen molar-refractivity contribution in [2.75, 3.05) is 17.1 Å². The van der Waals surface area contributed by atoms with E-state index < -0.39 is 33.9 Å². The van der Waals surface area contributed by atoms with Gasteiger partial charge in [-0.3, -0.25) is 14.3 Å². The van der Waals surface area contributed by atoms with Crippen LogP contribution in [0.15, 0.2) is 65.0 Å². The lowest BCUT2D eigenvalue weighted by Crippen LogP contribution is -2.34. The van der Waals surface area contributed by atoms with Crippen molar-refractivity contribution in [2.24, 2.45) is 5.92 Å². The third-order valence-electron chi connectivity index (χ3n) is 4.48. The molecule has 0 saturated heterocycles. The normalized spacial score (nSPS) is 12.2. The standard InChI is InChI=1S/C20H19N3O7S2/c1-30-14-6-2-12(3-7-14)17(16(18(24)25)19(26)27)22-13-4-8-15(9-5-13)32(28,29)23-20-21-10-11-31-20/h2-11,16-17,22H,1H3,(H,21,23)(H,24,25)(H,26,27). The van der Waals surface area contributed by atoms with E-state index in [1.807, 2.05) is 0 Å². The molecule has 0 aliphatic carbocycles. The molecule has 10 nitrogen and oxygen atoms in total. The van der Waals surface area contributed by atoms with Gasteiger partial charge in [-0.2, -0.15) is 0 Å². The maximum atomic E-state index is 12.5. The molecule has 0 aliphatic heterocycles. The van der Waals surface area contributed by atoms with Crippen molar-refractivity contribution in [3.05, 3.63) is 65.7 Å². The number of aliphatic carboxylic acids is 2. The van der Waals surface area contributed by atoms with E-state index in [9.17, 15) is 28.2 Å². The van der Waals surface area contributed by atoms with Crippen LogP contribution in [-0.2, 0) is 19.6 Å². The molecule has 0 saturated carbocycles. The van der Waals surface area contributed by atoms with Crippen molar-refractivity contribution in [3.63, 3.8) is 0 Å². The van der Waals surface area contributed by atoms with Gasteiger partial charge in [0.15, 0.2) is 11.0 Å². The highest BCUT2D eigenvalue weighted by molar-refractivity contribution is 7.93. The van der Waals surface area contributed by atoms with Gasteiger partial charge in [0.25, 0.3) is 10.0 Å². The van der Waals surface area contributed by atoms with Crippen molar-refractivity contribution in [2.45, 2.75) is 10.9 Å². The minimum atomic E-state index is -3.86. The molecule has 3 rings (SSSR count). The number of anilines is 2. The summed E-state index contributed by atoms with van der Waals surface area (Å²) in [6.45, 7) is 0. The first-order valence-electron chi connectivity index (χ1n) is 9.10. The number of hydrogen-bond acceptors (Lipinski definition) is 8. The molecule has 0 fully saturated rings. The van der Waals surface area contributed by atoms with Crippen molar-refractivity contribution in [3.8, 4) is 5.75 Å². The Labute approximate surface area is 187 Å². The number of benzene rings is 2. The van der Waals surface area contributed by atoms with E-state index >= 15 is 0 Å². The summed E-state index contributed by atoms with van der Waals surface area (Å²) in [4.78, 5) is 27.2. The number of thiazole rings is 1. The zero-order chi connectivity index (χ0) is 23.3. The number of carboxylic acid groups (broad SMARTS) is 2. The average Bonchev–Trinajstić information content (AvgIpc) is 3.25. The zero-order valence-corrected chi connectivity index (χ0v) is 18.3. The van der Waals surface area contributed by atoms with Crippen molar-refractivity contribution < 1.29 is 33.0 Å². The molecule has 1 unspecified atom stereocenters. The third kappa shape index (κ3) is 5.34. The number of carboxylic acids is 2. The van der Waals surface area contributed by atoms with E-state index in [2.05, 4.69) is 15.0 Å². The van der Waals surface area contributed by atoms with Crippen LogP contribution in [0.2, 0.25) is 0 Å². The number of sulfonamides is 1. The summed E-state index contributed by atoms with van der Waals surface area (Å²) in [6, 6.07) is 10.7. The summed E-state index contributed by atoms with van der Waals surface area (Å²) < 4.78 is 32.4. The maximum Gasteiger partial charge on any atom is 0.320 e. The predicted molar refractivity (Wildman–Crippen MR) is 117 cm³/mol. The van der Waals surface area contributed by atoms with Gasteiger partial charge in [0.1, 0.15) is 5.75 Å². The Balaban J connectivity index is 1.88. The van der Waals surface area contributed by atoms with Crippen LogP contribution in [0.25, 0.3) is 0 Å². The summed E-state index contributed by atoms with van der Waals surface area (Å²) in [5.74, 6) is -4.30. The van der Waals surface area contributed by atoms with Gasteiger partial charge in [-0.25, -0.2) is 13.4 Å². The smallest absolute Gasteiger partial charge is 0.320 e. The average molecular weight is 478 g/mol. The molecule has 2 aromatic carbocycles. The van der Waals surface area contributed by atoms with Gasteiger partial charge in [-0.1, -0.05) is 12.1 Å². The quantitative estimate of drug-likeness (QED) is 0.323. The number of ether oxygens (including phenoxy) is 1. The highest BCUT2D eigenvalue weighted by Gasteiger charge is 2.36. The highest BCUT2D eigenvalue weighted by atomic mass is 32.2. The second kappa shape index (κ2) is 9.66. The number of hydrogen-bond donors (Lipinski definition) is 4. The van der Waals surface area contributed by atoms with E-state index in [0.717, 1.165) is 11.3 Å². The number of nitrogens with zero attached hydrogens (tertiary/aromatic N) is 1. The Kier molecular flexibility index (Phi) is 6.95. The number of rotatable bonds is 10. The van der Waals surface area contributed by atoms with E-state index in [-0.39, 0.29) is 10.0 Å². The van der Waals surface area contributed by atoms with Crippen LogP contribution in [0.5, 0.6) is 5.75 Å². The summed E-state index contributed by atoms with van der Waals surface area (Å²) in [5, 5.41) is 23.7. The summed E-state index contributed by atoms with van der Waals surface area (Å²) in [7, 11) is -2.39. The van der Waals surface area contributed by atoms with Crippen LogP contribution in [0, 0.1) is 5.92 Å². The predicted octanol–water partition coefficient (Wildman–Crippen LogP) is 2.89. The van der Waals surface area contributed by atoms with Gasteiger partial charge in [0.2, 0.25) is 0 Å². The molecule has 1 atom stereocenters. The molecule has 12 heteroatoms. The lowest BCUT2D eigenvalue weighted by molar-refractivity contribution is -0.155. The lowest BCUT2D eigenvalue weighted by Gasteiger charge is -2.24. The Morgan fingerprint density at radius 1 is 1.03 bits per heavy atom. The Bertz CT molecular complexity index is 1160. The van der Waals surface area contributed by atoms with Gasteiger partial charge in [0, 0.05) is 17.3 Å². The molecule has 0 radical (unpaired) electrons. The van der Waals surface area contributed by atoms with Gasteiger partial charge in [-0.05, 0) is 42.0 Å². The van der Waals surface area contributed by atoms with Gasteiger partial charge in [0.05, 0.1) is 18.0 Å². The van der Waals surface area contributed by atoms with Crippen LogP contribution in [0.1, 0.15) is 11.6 Å². The molecule has 0 spiro atoms. The second-order valence-corrected chi connectivity index (χ2v) is 9.09. The van der Waals surface area contributed by atoms with Gasteiger partial charge in [-0.15, -0.1) is 11.3 Å². The number of aromatic nitrogens is 1. The minimum absolute atomic E-state index is 0.0349. The third-order valence-corrected chi connectivity index (χ3v) is 6.65. The summed E-state index contributed by atoms with van der Waals surface area (Å²) >= 11 is 1.13. The first kappa shape index (κ1) is 23.0. The van der Waals surface area contributed by atoms with Crippen molar-refractivity contribution in [1.82, 2.24) is 4.98 Å². The van der Waals surface area contributed by atoms with Crippen molar-refractivity contribution >= 4 is 44.1 Å². The van der Waals surface area contributed by atoms with Gasteiger partial charge >= 0.3 is 11.9 Å². The number of methoxy groups -OCH3 is 1. The van der Waals surface area contributed by atoms with Crippen LogP contribution in [-0.4, -0.2) is 42.7 Å². The van der Waals surface area contributed by atoms with Crippen molar-refractivity contribution in [1.29, 1.82) is 0 Å². The molecule has 0 amide bonds. The number of carbonyl (C=O) groups is 2. The molecule has 0 bridgehead atoms. The van der Waals surface area contributed by atoms with E-state index in [1.165, 1.54) is 37.6 Å². The zero-order valence-electron chi connectivity index (χ0n) is 16.6. The molecule has 4 N–H and O–H groups in total. The summed E-state index contributed by atoms with van der Waals surface area (Å²) in [5.41, 5.74) is 0.745. The Morgan fingerprint density at radius 3 is 2.16 bits per heavy atom. The van der Waals surface area contributed by atoms with E-state index in [1.54, 1.807) is 29.6 Å². The SMILES string of the molecule is COc1ccc(C(Nc2ccc(S(=O)(=O)Nc3nccs3)cc2)C(C(=O)O)C(=O)O)cc1. The molecule has 1 heterocycles. The highest BCUT2D eigenvalue weighted by Crippen LogP contribution is 2.30. The topological polar surface area (TPSA) is 155 Å². The largest absolute Gasteiger partial charge is 0.497 e. The van der Waals surface area contributed by atoms with E-state index in [4.69, 9.17) is 4.74 Å². The fraction of sp³-hybridized carbons (Fsp3) is 0.150. The Morgan fingerprint density at radius 2 is 1.66 bits per heavy atom. The Hall–Kier alpha value is -3.64. The molecule has 1 aromatic heterocycles. The molecule has 0 aliphatic rings. The first-order chi connectivity index (χ1) is 15.2. The first-order valence-corrected chi connectivity index (χ1v) is 11.5. The van der Waals surface area contributed by atoms with Crippen LogP contribution < -0.4 is 14.8 Å². The molecular formula is C20H19N3O7S2. The summed E-state index contributed by atoms with van der Waals surface area (Å²) in [6.07, 6.45) is 1.47. The second-order valence-electron chi connectivity index (χ2n) is 6.52. The molecule has 3 aromatic rings. The minimum Gasteiger partial charge on any atom is -0.497 e. The molecular weight excluding hydrogens is 458 g/mol. The van der Waals surface area contributed by atoms with Crippen LogP contribution in [0.4, 0.5) is 10.8 Å². The monoisotopic (exact) mass is 477 g/mol. The van der Waals surface area contributed by atoms with Gasteiger partial charge < -0.3 is 20.3 Å². The van der Waals surface area contributed by atoms with Crippen LogP contribution >= 0.6 is 11.3 Å². The lowest BCUT2D eigenvalue weighted by atomic mass is 9.92.